The first kappa shape index (κ1) is 17.9. The lowest BCUT2D eigenvalue weighted by Gasteiger charge is -2.19. The van der Waals surface area contributed by atoms with Crippen LogP contribution in [0.2, 0.25) is 0 Å². The first-order chi connectivity index (χ1) is 11.0. The zero-order valence-corrected chi connectivity index (χ0v) is 13.5. The molecular weight excluding hydrogens is 321 g/mol. The largest absolute Gasteiger partial charge is 0.460 e. The predicted molar refractivity (Wildman–Crippen MR) is 82.0 cm³/mol. The molecule has 1 heterocycles. The fraction of sp³-hybridized carbons (Fsp3) is 0.353. The van der Waals surface area contributed by atoms with Crippen LogP contribution in [-0.4, -0.2) is 21.5 Å². The van der Waals surface area contributed by atoms with Crippen molar-refractivity contribution in [1.29, 1.82) is 0 Å². The highest BCUT2D eigenvalue weighted by molar-refractivity contribution is 5.72. The van der Waals surface area contributed by atoms with E-state index in [0.717, 1.165) is 12.1 Å². The monoisotopic (exact) mass is 338 g/mol. The van der Waals surface area contributed by atoms with Gasteiger partial charge in [0.2, 0.25) is 0 Å². The van der Waals surface area contributed by atoms with Gasteiger partial charge in [-0.2, -0.15) is 13.2 Å². The summed E-state index contributed by atoms with van der Waals surface area (Å²) in [6.07, 6.45) is -1.56. The third-order valence-electron chi connectivity index (χ3n) is 2.96. The molecule has 0 radical (unpaired) electrons. The van der Waals surface area contributed by atoms with E-state index in [0.29, 0.717) is 17.0 Å². The van der Waals surface area contributed by atoms with Gasteiger partial charge in [-0.1, -0.05) is 12.1 Å². The molecule has 0 spiro atoms. The molecule has 0 atom stereocenters. The molecule has 0 aliphatic heterocycles. The Morgan fingerprint density at radius 2 is 1.67 bits per heavy atom. The van der Waals surface area contributed by atoms with E-state index in [1.54, 1.807) is 20.8 Å². The molecule has 2 aromatic rings. The molecule has 0 saturated carbocycles. The molecule has 1 aromatic heterocycles. The van der Waals surface area contributed by atoms with Crippen molar-refractivity contribution < 1.29 is 22.7 Å². The van der Waals surface area contributed by atoms with E-state index in [1.165, 1.54) is 24.5 Å². The number of hydrogen-bond acceptors (Lipinski definition) is 4. The lowest BCUT2D eigenvalue weighted by Crippen LogP contribution is -2.25. The minimum absolute atomic E-state index is 0.0163. The van der Waals surface area contributed by atoms with Gasteiger partial charge in [-0.05, 0) is 32.9 Å². The number of rotatable bonds is 3. The summed E-state index contributed by atoms with van der Waals surface area (Å²) in [6.45, 7) is 5.30. The van der Waals surface area contributed by atoms with E-state index in [-0.39, 0.29) is 6.42 Å². The fourth-order valence-electron chi connectivity index (χ4n) is 1.95. The van der Waals surface area contributed by atoms with Crippen LogP contribution in [0.3, 0.4) is 0 Å². The van der Waals surface area contributed by atoms with Gasteiger partial charge in [0.25, 0.3) is 0 Å². The zero-order valence-electron chi connectivity index (χ0n) is 13.5. The number of nitrogens with zero attached hydrogens (tertiary/aromatic N) is 2. The molecule has 0 amide bonds. The standard InChI is InChI=1S/C17H17F3N2O2/c1-16(2,3)24-15(23)8-13-9-22-14(10-21-13)11-4-6-12(7-5-11)17(18,19)20/h4-7,9-10H,8H2,1-3H3. The Hall–Kier alpha value is -2.44. The van der Waals surface area contributed by atoms with E-state index < -0.39 is 23.3 Å². The van der Waals surface area contributed by atoms with Crippen LogP contribution < -0.4 is 0 Å². The minimum Gasteiger partial charge on any atom is -0.460 e. The lowest BCUT2D eigenvalue weighted by molar-refractivity contribution is -0.154. The summed E-state index contributed by atoms with van der Waals surface area (Å²) >= 11 is 0. The van der Waals surface area contributed by atoms with Crippen molar-refractivity contribution in [3.63, 3.8) is 0 Å². The van der Waals surface area contributed by atoms with Crippen LogP contribution in [0.25, 0.3) is 11.3 Å². The molecule has 1 aromatic carbocycles. The Kier molecular flexibility index (Phi) is 4.91. The van der Waals surface area contributed by atoms with Crippen LogP contribution in [0.1, 0.15) is 32.0 Å². The van der Waals surface area contributed by atoms with Gasteiger partial charge in [-0.3, -0.25) is 14.8 Å². The molecule has 0 unspecified atom stereocenters. The highest BCUT2D eigenvalue weighted by atomic mass is 19.4. The Morgan fingerprint density at radius 1 is 1.04 bits per heavy atom. The quantitative estimate of drug-likeness (QED) is 0.793. The summed E-state index contributed by atoms with van der Waals surface area (Å²) in [5.74, 6) is -0.418. The number of hydrogen-bond donors (Lipinski definition) is 0. The normalized spacial score (nSPS) is 12.1. The topological polar surface area (TPSA) is 52.1 Å². The number of esters is 1. The predicted octanol–water partition coefficient (Wildman–Crippen LogP) is 4.05. The fourth-order valence-corrected chi connectivity index (χ4v) is 1.95. The molecule has 0 aliphatic carbocycles. The van der Waals surface area contributed by atoms with E-state index in [9.17, 15) is 18.0 Å². The third kappa shape index (κ3) is 5.04. The van der Waals surface area contributed by atoms with Crippen LogP contribution >= 0.6 is 0 Å². The molecule has 7 heteroatoms. The molecule has 0 fully saturated rings. The zero-order chi connectivity index (χ0) is 18.0. The van der Waals surface area contributed by atoms with Gasteiger partial charge in [0, 0.05) is 11.8 Å². The van der Waals surface area contributed by atoms with Crippen LogP contribution in [0.4, 0.5) is 13.2 Å². The molecule has 24 heavy (non-hydrogen) atoms. The molecule has 0 bridgehead atoms. The SMILES string of the molecule is CC(C)(C)OC(=O)Cc1cnc(-c2ccc(C(F)(F)F)cc2)cn1. The molecule has 2 rings (SSSR count). The van der Waals surface area contributed by atoms with Gasteiger partial charge in [-0.15, -0.1) is 0 Å². The lowest BCUT2D eigenvalue weighted by atomic mass is 10.1. The second-order valence-corrected chi connectivity index (χ2v) is 6.23. The number of carbonyl (C=O) groups excluding carboxylic acids is 1. The van der Waals surface area contributed by atoms with Crippen LogP contribution in [0, 0.1) is 0 Å². The van der Waals surface area contributed by atoms with Crippen LogP contribution in [-0.2, 0) is 22.1 Å². The number of benzene rings is 1. The second-order valence-electron chi connectivity index (χ2n) is 6.23. The Morgan fingerprint density at radius 3 is 2.12 bits per heavy atom. The smallest absolute Gasteiger partial charge is 0.416 e. The van der Waals surface area contributed by atoms with Gasteiger partial charge in [0.15, 0.2) is 0 Å². The Balaban J connectivity index is 2.08. The molecule has 4 nitrogen and oxygen atoms in total. The number of halogens is 3. The maximum absolute atomic E-state index is 12.5. The van der Waals surface area contributed by atoms with E-state index >= 15 is 0 Å². The molecule has 0 aliphatic rings. The van der Waals surface area contributed by atoms with Crippen molar-refractivity contribution in [2.24, 2.45) is 0 Å². The maximum Gasteiger partial charge on any atom is 0.416 e. The molecular formula is C17H17F3N2O2. The summed E-state index contributed by atoms with van der Waals surface area (Å²) in [5, 5.41) is 0. The van der Waals surface area contributed by atoms with Crippen molar-refractivity contribution in [1.82, 2.24) is 9.97 Å². The van der Waals surface area contributed by atoms with E-state index in [4.69, 9.17) is 4.74 Å². The van der Waals surface area contributed by atoms with E-state index in [1.807, 2.05) is 0 Å². The van der Waals surface area contributed by atoms with E-state index in [2.05, 4.69) is 9.97 Å². The number of alkyl halides is 3. The summed E-state index contributed by atoms with van der Waals surface area (Å²) in [7, 11) is 0. The van der Waals surface area contributed by atoms with Crippen LogP contribution in [0.15, 0.2) is 36.7 Å². The van der Waals surface area contributed by atoms with Crippen molar-refractivity contribution in [2.75, 3.05) is 0 Å². The third-order valence-corrected chi connectivity index (χ3v) is 2.96. The molecule has 128 valence electrons. The molecule has 0 saturated heterocycles. The van der Waals surface area contributed by atoms with Crippen molar-refractivity contribution >= 4 is 5.97 Å². The average Bonchev–Trinajstić information content (AvgIpc) is 2.45. The van der Waals surface area contributed by atoms with Gasteiger partial charge in [-0.25, -0.2) is 0 Å². The molecule has 0 N–H and O–H groups in total. The number of aromatic nitrogens is 2. The Bertz CT molecular complexity index is 703. The highest BCUT2D eigenvalue weighted by Gasteiger charge is 2.30. The highest BCUT2D eigenvalue weighted by Crippen LogP contribution is 2.30. The minimum atomic E-state index is -4.37. The van der Waals surface area contributed by atoms with Crippen molar-refractivity contribution in [2.45, 2.75) is 39.0 Å². The van der Waals surface area contributed by atoms with Gasteiger partial charge >= 0.3 is 12.1 Å². The van der Waals surface area contributed by atoms with Crippen molar-refractivity contribution in [3.8, 4) is 11.3 Å². The summed E-state index contributed by atoms with van der Waals surface area (Å²) in [4.78, 5) is 20.0. The average molecular weight is 338 g/mol. The summed E-state index contributed by atoms with van der Waals surface area (Å²) in [5.41, 5.74) is 0.0710. The number of ether oxygens (including phenoxy) is 1. The van der Waals surface area contributed by atoms with Gasteiger partial charge in [0.1, 0.15) is 5.60 Å². The van der Waals surface area contributed by atoms with Crippen LogP contribution in [0.5, 0.6) is 0 Å². The van der Waals surface area contributed by atoms with Crippen molar-refractivity contribution in [3.05, 3.63) is 47.9 Å². The maximum atomic E-state index is 12.5. The summed E-state index contributed by atoms with van der Waals surface area (Å²) < 4.78 is 42.8. The first-order valence-electron chi connectivity index (χ1n) is 7.25. The number of carbonyl (C=O) groups is 1. The first-order valence-corrected chi connectivity index (χ1v) is 7.25. The van der Waals surface area contributed by atoms with Gasteiger partial charge in [0.05, 0.1) is 29.6 Å². The van der Waals surface area contributed by atoms with Gasteiger partial charge < -0.3 is 4.74 Å². The second kappa shape index (κ2) is 6.59. The Labute approximate surface area is 137 Å². The summed E-state index contributed by atoms with van der Waals surface area (Å²) in [6, 6.07) is 4.65.